The van der Waals surface area contributed by atoms with Crippen LogP contribution in [-0.2, 0) is 6.54 Å². The fourth-order valence-corrected chi connectivity index (χ4v) is 1.78. The Balaban J connectivity index is 2.12. The third-order valence-corrected chi connectivity index (χ3v) is 2.25. The Morgan fingerprint density at radius 2 is 2.50 bits per heavy atom. The average Bonchev–Trinajstić information content (AvgIpc) is 2.52. The van der Waals surface area contributed by atoms with Gasteiger partial charge < -0.3 is 9.88 Å². The van der Waals surface area contributed by atoms with Gasteiger partial charge in [0.25, 0.3) is 0 Å². The van der Waals surface area contributed by atoms with Crippen LogP contribution in [0.2, 0.25) is 0 Å². The molecule has 0 aliphatic carbocycles. The zero-order valence-electron chi connectivity index (χ0n) is 7.62. The minimum Gasteiger partial charge on any atom is -0.334 e. The van der Waals surface area contributed by atoms with E-state index in [9.17, 15) is 0 Å². The van der Waals surface area contributed by atoms with Crippen LogP contribution in [0.25, 0.3) is 0 Å². The number of imidazole rings is 1. The minimum absolute atomic E-state index is 0.472. The number of nitrogens with zero attached hydrogens (tertiary/aromatic N) is 2. The first-order valence-corrected chi connectivity index (χ1v) is 4.54. The molecule has 0 amide bonds. The highest BCUT2D eigenvalue weighted by Gasteiger charge is 2.23. The first-order valence-electron chi connectivity index (χ1n) is 4.54. The Labute approximate surface area is 72.8 Å². The van der Waals surface area contributed by atoms with Crippen LogP contribution in [0, 0.1) is 0 Å². The van der Waals surface area contributed by atoms with Gasteiger partial charge in [0.15, 0.2) is 0 Å². The van der Waals surface area contributed by atoms with E-state index in [1.165, 1.54) is 12.2 Å². The molecule has 66 valence electrons. The zero-order valence-corrected chi connectivity index (χ0v) is 7.62. The van der Waals surface area contributed by atoms with Crippen molar-refractivity contribution in [3.05, 3.63) is 18.2 Å². The van der Waals surface area contributed by atoms with Crippen LogP contribution in [-0.4, -0.2) is 15.6 Å². The molecule has 1 unspecified atom stereocenters. The molecular weight excluding hydrogens is 150 g/mol. The number of nitrogens with one attached hydrogen (secondary N) is 1. The third-order valence-electron chi connectivity index (χ3n) is 2.25. The fourth-order valence-electron chi connectivity index (χ4n) is 1.78. The second-order valence-electron chi connectivity index (χ2n) is 3.64. The second kappa shape index (κ2) is 2.90. The van der Waals surface area contributed by atoms with Crippen LogP contribution in [0.1, 0.15) is 32.1 Å². The molecule has 0 bridgehead atoms. The smallest absolute Gasteiger partial charge is 0.125 e. The molecule has 0 saturated heterocycles. The molecular formula is C9H15N3. The summed E-state index contributed by atoms with van der Waals surface area (Å²) in [7, 11) is 0. The Hall–Kier alpha value is -0.830. The van der Waals surface area contributed by atoms with Crippen LogP contribution in [0.3, 0.4) is 0 Å². The summed E-state index contributed by atoms with van der Waals surface area (Å²) < 4.78 is 2.22. The van der Waals surface area contributed by atoms with E-state index < -0.39 is 0 Å². The van der Waals surface area contributed by atoms with E-state index in [0.29, 0.717) is 12.1 Å². The van der Waals surface area contributed by atoms with Gasteiger partial charge in [0.05, 0.1) is 6.04 Å². The fraction of sp³-hybridized carbons (Fsp3) is 0.667. The van der Waals surface area contributed by atoms with Crippen molar-refractivity contribution in [2.24, 2.45) is 0 Å². The van der Waals surface area contributed by atoms with Gasteiger partial charge in [0.1, 0.15) is 5.82 Å². The van der Waals surface area contributed by atoms with Gasteiger partial charge in [-0.3, -0.25) is 0 Å². The topological polar surface area (TPSA) is 29.9 Å². The molecule has 0 spiro atoms. The van der Waals surface area contributed by atoms with Gasteiger partial charge in [0.2, 0.25) is 0 Å². The highest BCUT2D eigenvalue weighted by atomic mass is 15.1. The molecule has 0 fully saturated rings. The van der Waals surface area contributed by atoms with Gasteiger partial charge in [-0.15, -0.1) is 0 Å². The van der Waals surface area contributed by atoms with E-state index in [4.69, 9.17) is 0 Å². The van der Waals surface area contributed by atoms with Crippen LogP contribution < -0.4 is 5.32 Å². The van der Waals surface area contributed by atoms with Crippen molar-refractivity contribution in [3.63, 3.8) is 0 Å². The Kier molecular flexibility index (Phi) is 1.89. The van der Waals surface area contributed by atoms with Gasteiger partial charge in [0, 0.05) is 25.0 Å². The molecule has 1 aliphatic rings. The summed E-state index contributed by atoms with van der Waals surface area (Å²) in [6.07, 6.45) is 5.11. The molecule has 1 N–H and O–H groups in total. The van der Waals surface area contributed by atoms with Crippen molar-refractivity contribution >= 4 is 0 Å². The predicted molar refractivity (Wildman–Crippen MR) is 47.9 cm³/mol. The van der Waals surface area contributed by atoms with Gasteiger partial charge in [-0.25, -0.2) is 4.98 Å². The third kappa shape index (κ3) is 1.25. The Morgan fingerprint density at radius 1 is 1.67 bits per heavy atom. The molecule has 3 heteroatoms. The quantitative estimate of drug-likeness (QED) is 0.716. The summed E-state index contributed by atoms with van der Waals surface area (Å²) in [6.45, 7) is 5.46. The molecule has 0 radical (unpaired) electrons. The molecule has 0 saturated carbocycles. The Bertz CT molecular complexity index is 264. The van der Waals surface area contributed by atoms with Gasteiger partial charge in [-0.2, -0.15) is 0 Å². The van der Waals surface area contributed by atoms with Crippen LogP contribution >= 0.6 is 0 Å². The molecule has 0 aromatic carbocycles. The number of fused-ring (bicyclic) bond motifs is 1. The highest BCUT2D eigenvalue weighted by Crippen LogP contribution is 2.23. The molecule has 1 aliphatic heterocycles. The maximum atomic E-state index is 4.33. The van der Waals surface area contributed by atoms with Crippen molar-refractivity contribution in [3.8, 4) is 0 Å². The largest absolute Gasteiger partial charge is 0.334 e. The summed E-state index contributed by atoms with van der Waals surface area (Å²) >= 11 is 0. The molecule has 1 aromatic heterocycles. The van der Waals surface area contributed by atoms with Crippen molar-refractivity contribution < 1.29 is 0 Å². The van der Waals surface area contributed by atoms with E-state index in [-0.39, 0.29) is 0 Å². The standard InChI is InChI=1S/C9H15N3/c1-7(2)11-8-3-5-12-6-4-10-9(8)12/h4,6-8,11H,3,5H2,1-2H3. The van der Waals surface area contributed by atoms with E-state index in [2.05, 4.69) is 34.9 Å². The van der Waals surface area contributed by atoms with Crippen LogP contribution in [0.4, 0.5) is 0 Å². The highest BCUT2D eigenvalue weighted by molar-refractivity contribution is 5.04. The predicted octanol–water partition coefficient (Wildman–Crippen LogP) is 1.33. The molecule has 2 heterocycles. The van der Waals surface area contributed by atoms with E-state index in [1.807, 2.05) is 6.20 Å². The van der Waals surface area contributed by atoms with E-state index in [0.717, 1.165) is 6.54 Å². The maximum Gasteiger partial charge on any atom is 0.125 e. The molecule has 1 aromatic rings. The van der Waals surface area contributed by atoms with Gasteiger partial charge in [-0.1, -0.05) is 13.8 Å². The number of aromatic nitrogens is 2. The second-order valence-corrected chi connectivity index (χ2v) is 3.64. The van der Waals surface area contributed by atoms with Crippen LogP contribution in [0.5, 0.6) is 0 Å². The van der Waals surface area contributed by atoms with E-state index in [1.54, 1.807) is 0 Å². The zero-order chi connectivity index (χ0) is 8.55. The molecule has 12 heavy (non-hydrogen) atoms. The average molecular weight is 165 g/mol. The minimum atomic E-state index is 0.472. The molecule has 1 atom stereocenters. The maximum absolute atomic E-state index is 4.33. The summed E-state index contributed by atoms with van der Waals surface area (Å²) in [5.74, 6) is 1.20. The molecule has 3 nitrogen and oxygen atoms in total. The first-order chi connectivity index (χ1) is 5.77. The summed E-state index contributed by atoms with van der Waals surface area (Å²) in [6, 6.07) is 1.01. The van der Waals surface area contributed by atoms with Gasteiger partial charge in [-0.05, 0) is 6.42 Å². The van der Waals surface area contributed by atoms with Crippen LogP contribution in [0.15, 0.2) is 12.4 Å². The lowest BCUT2D eigenvalue weighted by Crippen LogP contribution is -2.27. The number of aryl methyl sites for hydroxylation is 1. The SMILES string of the molecule is CC(C)NC1CCn2ccnc21. The van der Waals surface area contributed by atoms with Gasteiger partial charge >= 0.3 is 0 Å². The lowest BCUT2D eigenvalue weighted by atomic mass is 10.2. The summed E-state index contributed by atoms with van der Waals surface area (Å²) in [5.41, 5.74) is 0. The first kappa shape index (κ1) is 7.80. The number of rotatable bonds is 2. The Morgan fingerprint density at radius 3 is 3.25 bits per heavy atom. The van der Waals surface area contributed by atoms with Crippen molar-refractivity contribution in [1.82, 2.24) is 14.9 Å². The van der Waals surface area contributed by atoms with E-state index >= 15 is 0 Å². The number of hydrogen-bond acceptors (Lipinski definition) is 2. The van der Waals surface area contributed by atoms with Crippen molar-refractivity contribution in [2.45, 2.75) is 38.9 Å². The lowest BCUT2D eigenvalue weighted by molar-refractivity contribution is 0.468. The summed E-state index contributed by atoms with van der Waals surface area (Å²) in [4.78, 5) is 4.33. The lowest BCUT2D eigenvalue weighted by Gasteiger charge is -2.13. The van der Waals surface area contributed by atoms with Crippen molar-refractivity contribution in [2.75, 3.05) is 0 Å². The summed E-state index contributed by atoms with van der Waals surface area (Å²) in [5, 5.41) is 3.50. The molecule has 2 rings (SSSR count). The number of hydrogen-bond donors (Lipinski definition) is 1. The van der Waals surface area contributed by atoms with Crippen molar-refractivity contribution in [1.29, 1.82) is 0 Å². The normalized spacial score (nSPS) is 21.8. The monoisotopic (exact) mass is 165 g/mol.